The van der Waals surface area contributed by atoms with Gasteiger partial charge in [0.1, 0.15) is 0 Å². The quantitative estimate of drug-likeness (QED) is 0.443. The van der Waals surface area contributed by atoms with Gasteiger partial charge >= 0.3 is 5.97 Å². The number of hydrogen-bond donors (Lipinski definition) is 0. The predicted octanol–water partition coefficient (Wildman–Crippen LogP) is 0.459. The molecule has 0 aromatic carbocycles. The topological polar surface area (TPSA) is 81.6 Å². The number of aromatic nitrogens is 2. The van der Waals surface area contributed by atoms with Gasteiger partial charge in [-0.3, -0.25) is 4.79 Å². The summed E-state index contributed by atoms with van der Waals surface area (Å²) in [6, 6.07) is 0. The lowest BCUT2D eigenvalue weighted by molar-refractivity contribution is -0.151. The number of anilines is 1. The summed E-state index contributed by atoms with van der Waals surface area (Å²) in [5.74, 6) is -0.930. The van der Waals surface area contributed by atoms with Crippen LogP contribution in [0, 0.1) is 0 Å². The third-order valence-corrected chi connectivity index (χ3v) is 2.86. The molecule has 7 heteroatoms. The predicted molar refractivity (Wildman–Crippen MR) is 75.7 cm³/mol. The van der Waals surface area contributed by atoms with Crippen LogP contribution >= 0.6 is 0 Å². The van der Waals surface area contributed by atoms with E-state index in [1.54, 1.807) is 19.3 Å². The van der Waals surface area contributed by atoms with E-state index in [0.717, 1.165) is 19.2 Å². The molecule has 21 heavy (non-hydrogen) atoms. The molecule has 0 aliphatic carbocycles. The molecule has 1 fully saturated rings. The number of rotatable bonds is 5. The van der Waals surface area contributed by atoms with Crippen LogP contribution in [0.3, 0.4) is 0 Å². The molecule has 1 saturated heterocycles. The van der Waals surface area contributed by atoms with Crippen LogP contribution in [-0.4, -0.2) is 54.6 Å². The lowest BCUT2D eigenvalue weighted by atomic mass is 10.2. The third-order valence-electron chi connectivity index (χ3n) is 2.86. The monoisotopic (exact) mass is 291 g/mol. The van der Waals surface area contributed by atoms with Gasteiger partial charge in [0.2, 0.25) is 5.95 Å². The second-order valence-corrected chi connectivity index (χ2v) is 4.33. The van der Waals surface area contributed by atoms with Gasteiger partial charge < -0.3 is 14.4 Å². The highest BCUT2D eigenvalue weighted by molar-refractivity contribution is 6.39. The van der Waals surface area contributed by atoms with Crippen molar-refractivity contribution in [3.05, 3.63) is 24.0 Å². The minimum Gasteiger partial charge on any atom is -0.460 e. The number of hydrogen-bond acceptors (Lipinski definition) is 7. The Bertz CT molecular complexity index is 522. The highest BCUT2D eigenvalue weighted by Gasteiger charge is 2.13. The summed E-state index contributed by atoms with van der Waals surface area (Å²) in [7, 11) is 0. The van der Waals surface area contributed by atoms with Crippen molar-refractivity contribution >= 4 is 23.8 Å². The molecular formula is C14H17N3O4. The van der Waals surface area contributed by atoms with Crippen molar-refractivity contribution in [2.75, 3.05) is 37.8 Å². The molecule has 0 spiro atoms. The minimum absolute atomic E-state index is 0.176. The number of esters is 1. The smallest absolute Gasteiger partial charge is 0.379 e. The van der Waals surface area contributed by atoms with Crippen molar-refractivity contribution in [2.24, 2.45) is 0 Å². The first kappa shape index (κ1) is 15.1. The van der Waals surface area contributed by atoms with E-state index in [-0.39, 0.29) is 6.61 Å². The maximum Gasteiger partial charge on any atom is 0.379 e. The lowest BCUT2D eigenvalue weighted by Crippen LogP contribution is -2.37. The van der Waals surface area contributed by atoms with E-state index < -0.39 is 11.8 Å². The van der Waals surface area contributed by atoms with Crippen LogP contribution in [0.25, 0.3) is 6.08 Å². The first-order valence-electron chi connectivity index (χ1n) is 6.74. The maximum absolute atomic E-state index is 11.4. The highest BCUT2D eigenvalue weighted by Crippen LogP contribution is 2.10. The van der Waals surface area contributed by atoms with Crippen LogP contribution in [0.2, 0.25) is 0 Å². The van der Waals surface area contributed by atoms with E-state index in [4.69, 9.17) is 4.74 Å². The Morgan fingerprint density at radius 1 is 1.33 bits per heavy atom. The van der Waals surface area contributed by atoms with E-state index >= 15 is 0 Å². The van der Waals surface area contributed by atoms with Gasteiger partial charge in [-0.05, 0) is 19.1 Å². The normalized spacial score (nSPS) is 15.2. The summed E-state index contributed by atoms with van der Waals surface area (Å²) in [6.45, 7) is 4.67. The molecule has 1 aromatic heterocycles. The van der Waals surface area contributed by atoms with E-state index in [2.05, 4.69) is 14.7 Å². The highest BCUT2D eigenvalue weighted by atomic mass is 16.5. The van der Waals surface area contributed by atoms with Crippen molar-refractivity contribution in [3.8, 4) is 0 Å². The maximum atomic E-state index is 11.4. The second kappa shape index (κ2) is 7.49. The first-order chi connectivity index (χ1) is 10.2. The van der Waals surface area contributed by atoms with Crippen LogP contribution in [0.4, 0.5) is 5.95 Å². The summed E-state index contributed by atoms with van der Waals surface area (Å²) in [6.07, 6.45) is 5.85. The molecule has 0 unspecified atom stereocenters. The van der Waals surface area contributed by atoms with E-state index in [1.165, 1.54) is 6.08 Å². The van der Waals surface area contributed by atoms with Gasteiger partial charge in [0, 0.05) is 31.0 Å². The minimum atomic E-state index is -0.861. The number of carbonyl (C=O) groups excluding carboxylic acids is 2. The molecule has 2 rings (SSSR count). The molecule has 0 amide bonds. The number of ketones is 1. The Balaban J connectivity index is 1.95. The van der Waals surface area contributed by atoms with Crippen LogP contribution in [0.1, 0.15) is 12.5 Å². The molecule has 112 valence electrons. The molecule has 0 atom stereocenters. The van der Waals surface area contributed by atoms with Crippen molar-refractivity contribution in [3.63, 3.8) is 0 Å². The molecule has 0 saturated carbocycles. The van der Waals surface area contributed by atoms with Crippen molar-refractivity contribution in [2.45, 2.75) is 6.92 Å². The molecule has 0 radical (unpaired) electrons. The number of ether oxygens (including phenoxy) is 2. The summed E-state index contributed by atoms with van der Waals surface area (Å²) >= 11 is 0. The molecule has 0 N–H and O–H groups in total. The Labute approximate surface area is 122 Å². The van der Waals surface area contributed by atoms with Crippen molar-refractivity contribution < 1.29 is 19.1 Å². The molecule has 1 aromatic rings. The molecular weight excluding hydrogens is 274 g/mol. The third kappa shape index (κ3) is 4.35. The molecule has 1 aliphatic rings. The van der Waals surface area contributed by atoms with Gasteiger partial charge in [-0.2, -0.15) is 0 Å². The summed E-state index contributed by atoms with van der Waals surface area (Å²) < 4.78 is 9.86. The Morgan fingerprint density at radius 3 is 2.62 bits per heavy atom. The zero-order chi connectivity index (χ0) is 15.1. The summed E-state index contributed by atoms with van der Waals surface area (Å²) in [4.78, 5) is 33.1. The van der Waals surface area contributed by atoms with Gasteiger partial charge in [-0.1, -0.05) is 0 Å². The Morgan fingerprint density at radius 2 is 2.00 bits per heavy atom. The SMILES string of the molecule is CCOC(=O)C(=O)/C=C/c1cnc(N2CCOCC2)nc1. The number of morpholine rings is 1. The molecule has 0 bridgehead atoms. The van der Waals surface area contributed by atoms with Gasteiger partial charge in [-0.15, -0.1) is 0 Å². The van der Waals surface area contributed by atoms with Gasteiger partial charge in [0.25, 0.3) is 5.78 Å². The van der Waals surface area contributed by atoms with Gasteiger partial charge in [-0.25, -0.2) is 14.8 Å². The number of carbonyl (C=O) groups is 2. The molecule has 1 aliphatic heterocycles. The van der Waals surface area contributed by atoms with Crippen molar-refractivity contribution in [1.82, 2.24) is 9.97 Å². The zero-order valence-electron chi connectivity index (χ0n) is 11.8. The fourth-order valence-electron chi connectivity index (χ4n) is 1.79. The van der Waals surface area contributed by atoms with Crippen LogP contribution in [-0.2, 0) is 19.1 Å². The average Bonchev–Trinajstić information content (AvgIpc) is 2.54. The van der Waals surface area contributed by atoms with Crippen LogP contribution in [0.5, 0.6) is 0 Å². The Kier molecular flexibility index (Phi) is 5.39. The Hall–Kier alpha value is -2.28. The van der Waals surface area contributed by atoms with E-state index in [1.807, 2.05) is 4.90 Å². The molecule has 7 nitrogen and oxygen atoms in total. The van der Waals surface area contributed by atoms with Crippen LogP contribution < -0.4 is 4.90 Å². The first-order valence-corrected chi connectivity index (χ1v) is 6.74. The van der Waals surface area contributed by atoms with Crippen molar-refractivity contribution in [1.29, 1.82) is 0 Å². The standard InChI is InChI=1S/C14H17N3O4/c1-2-21-13(19)12(18)4-3-11-9-15-14(16-10-11)17-5-7-20-8-6-17/h3-4,9-10H,2,5-8H2,1H3/b4-3+. The largest absolute Gasteiger partial charge is 0.460 e. The van der Waals surface area contributed by atoms with Gasteiger partial charge in [0.05, 0.1) is 19.8 Å². The average molecular weight is 291 g/mol. The van der Waals surface area contributed by atoms with Gasteiger partial charge in [0.15, 0.2) is 0 Å². The second-order valence-electron chi connectivity index (χ2n) is 4.33. The summed E-state index contributed by atoms with van der Waals surface area (Å²) in [5, 5.41) is 0. The summed E-state index contributed by atoms with van der Waals surface area (Å²) in [5.41, 5.74) is 0.643. The number of nitrogens with zero attached hydrogens (tertiary/aromatic N) is 3. The van der Waals surface area contributed by atoms with E-state index in [9.17, 15) is 9.59 Å². The zero-order valence-corrected chi connectivity index (χ0v) is 11.8. The van der Waals surface area contributed by atoms with E-state index in [0.29, 0.717) is 24.7 Å². The fraction of sp³-hybridized carbons (Fsp3) is 0.429. The lowest BCUT2D eigenvalue weighted by Gasteiger charge is -2.26. The fourth-order valence-corrected chi connectivity index (χ4v) is 1.79. The van der Waals surface area contributed by atoms with Crippen LogP contribution in [0.15, 0.2) is 18.5 Å². The molecule has 2 heterocycles.